The molecule has 4 nitrogen and oxygen atoms in total. The standard InChI is InChI=1S/C21H38O4/c1-3-5-7-8-9-10-11-15-19-25-21(23)17-13-12-16-20(22)24-18-14-6-4-2/h9-10H,3-8,11-19H2,1-2H3/b10-9+. The van der Waals surface area contributed by atoms with Crippen LogP contribution in [0.5, 0.6) is 0 Å². The van der Waals surface area contributed by atoms with E-state index in [1.807, 2.05) is 0 Å². The number of unbranched alkanes of at least 4 members (excludes halogenated alkanes) is 7. The highest BCUT2D eigenvalue weighted by Crippen LogP contribution is 2.05. The minimum absolute atomic E-state index is 0.157. The van der Waals surface area contributed by atoms with Gasteiger partial charge in [0.05, 0.1) is 13.2 Å². The molecule has 0 aromatic rings. The van der Waals surface area contributed by atoms with Crippen LogP contribution < -0.4 is 0 Å². The van der Waals surface area contributed by atoms with Crippen LogP contribution in [0.4, 0.5) is 0 Å². The Labute approximate surface area is 154 Å². The summed E-state index contributed by atoms with van der Waals surface area (Å²) in [6, 6.07) is 0. The van der Waals surface area contributed by atoms with Gasteiger partial charge in [0.2, 0.25) is 0 Å². The van der Waals surface area contributed by atoms with Crippen molar-refractivity contribution >= 4 is 11.9 Å². The number of allylic oxidation sites excluding steroid dienone is 2. The summed E-state index contributed by atoms with van der Waals surface area (Å²) in [6.45, 7) is 5.32. The molecule has 0 aromatic heterocycles. The summed E-state index contributed by atoms with van der Waals surface area (Å²) in [4.78, 5) is 23.0. The van der Waals surface area contributed by atoms with E-state index < -0.39 is 0 Å². The van der Waals surface area contributed by atoms with Crippen LogP contribution in [0.1, 0.15) is 97.3 Å². The van der Waals surface area contributed by atoms with E-state index in [1.54, 1.807) is 0 Å². The van der Waals surface area contributed by atoms with E-state index in [4.69, 9.17) is 9.47 Å². The van der Waals surface area contributed by atoms with Crippen molar-refractivity contribution in [3.63, 3.8) is 0 Å². The van der Waals surface area contributed by atoms with Gasteiger partial charge in [-0.15, -0.1) is 0 Å². The van der Waals surface area contributed by atoms with Crippen LogP contribution in [0.25, 0.3) is 0 Å². The Morgan fingerprint density at radius 2 is 1.12 bits per heavy atom. The maximum atomic E-state index is 11.6. The van der Waals surface area contributed by atoms with Crippen molar-refractivity contribution in [2.45, 2.75) is 97.3 Å². The summed E-state index contributed by atoms with van der Waals surface area (Å²) < 4.78 is 10.3. The third-order valence-corrected chi connectivity index (χ3v) is 3.94. The number of carbonyl (C=O) groups excluding carboxylic acids is 2. The molecule has 0 saturated carbocycles. The summed E-state index contributed by atoms with van der Waals surface area (Å²) in [5.41, 5.74) is 0. The van der Waals surface area contributed by atoms with Crippen LogP contribution in [0.3, 0.4) is 0 Å². The molecule has 0 atom stereocenters. The van der Waals surface area contributed by atoms with Gasteiger partial charge in [0.25, 0.3) is 0 Å². The average Bonchev–Trinajstić information content (AvgIpc) is 2.61. The molecule has 0 unspecified atom stereocenters. The van der Waals surface area contributed by atoms with Crippen molar-refractivity contribution in [1.82, 2.24) is 0 Å². The van der Waals surface area contributed by atoms with Crippen LogP contribution in [-0.2, 0) is 19.1 Å². The van der Waals surface area contributed by atoms with Gasteiger partial charge in [-0.25, -0.2) is 0 Å². The molecule has 0 heterocycles. The van der Waals surface area contributed by atoms with E-state index in [0.29, 0.717) is 38.9 Å². The summed E-state index contributed by atoms with van der Waals surface area (Å²) in [7, 11) is 0. The quantitative estimate of drug-likeness (QED) is 0.190. The predicted octanol–water partition coefficient (Wildman–Crippen LogP) is 5.74. The predicted molar refractivity (Wildman–Crippen MR) is 102 cm³/mol. The smallest absolute Gasteiger partial charge is 0.305 e. The van der Waals surface area contributed by atoms with Crippen LogP contribution >= 0.6 is 0 Å². The highest BCUT2D eigenvalue weighted by molar-refractivity contribution is 5.70. The number of rotatable bonds is 17. The molecule has 25 heavy (non-hydrogen) atoms. The zero-order chi connectivity index (χ0) is 18.6. The Hall–Kier alpha value is -1.32. The normalized spacial score (nSPS) is 11.0. The van der Waals surface area contributed by atoms with Crippen molar-refractivity contribution in [2.24, 2.45) is 0 Å². The van der Waals surface area contributed by atoms with Gasteiger partial charge < -0.3 is 9.47 Å². The van der Waals surface area contributed by atoms with Gasteiger partial charge in [-0.1, -0.05) is 51.7 Å². The van der Waals surface area contributed by atoms with Crippen molar-refractivity contribution in [2.75, 3.05) is 13.2 Å². The molecule has 0 aliphatic carbocycles. The van der Waals surface area contributed by atoms with Crippen LogP contribution in [-0.4, -0.2) is 25.2 Å². The Kier molecular flexibility index (Phi) is 18.0. The lowest BCUT2D eigenvalue weighted by atomic mass is 10.2. The van der Waals surface area contributed by atoms with Gasteiger partial charge in [-0.2, -0.15) is 0 Å². The maximum absolute atomic E-state index is 11.6. The average molecular weight is 355 g/mol. The van der Waals surface area contributed by atoms with Crippen molar-refractivity contribution in [1.29, 1.82) is 0 Å². The van der Waals surface area contributed by atoms with Crippen LogP contribution in [0.15, 0.2) is 12.2 Å². The first-order valence-electron chi connectivity index (χ1n) is 10.2. The Morgan fingerprint density at radius 1 is 0.640 bits per heavy atom. The molecule has 0 saturated heterocycles. The third kappa shape index (κ3) is 18.9. The van der Waals surface area contributed by atoms with E-state index in [2.05, 4.69) is 26.0 Å². The zero-order valence-electron chi connectivity index (χ0n) is 16.4. The number of carbonyl (C=O) groups is 2. The Morgan fingerprint density at radius 3 is 1.68 bits per heavy atom. The third-order valence-electron chi connectivity index (χ3n) is 3.94. The molecule has 0 N–H and O–H groups in total. The fraction of sp³-hybridized carbons (Fsp3) is 0.810. The first-order valence-corrected chi connectivity index (χ1v) is 10.2. The summed E-state index contributed by atoms with van der Waals surface area (Å²) >= 11 is 0. The molecule has 0 rings (SSSR count). The lowest BCUT2D eigenvalue weighted by Gasteiger charge is -2.05. The van der Waals surface area contributed by atoms with E-state index in [9.17, 15) is 9.59 Å². The fourth-order valence-electron chi connectivity index (χ4n) is 2.36. The van der Waals surface area contributed by atoms with Crippen LogP contribution in [0, 0.1) is 0 Å². The molecule has 0 aliphatic rings. The zero-order valence-corrected chi connectivity index (χ0v) is 16.4. The van der Waals surface area contributed by atoms with Crippen molar-refractivity contribution in [3.05, 3.63) is 12.2 Å². The van der Waals surface area contributed by atoms with Crippen LogP contribution in [0.2, 0.25) is 0 Å². The monoisotopic (exact) mass is 354 g/mol. The lowest BCUT2D eigenvalue weighted by molar-refractivity contribution is -0.146. The molecule has 0 radical (unpaired) electrons. The molecule has 0 aromatic carbocycles. The van der Waals surface area contributed by atoms with Crippen molar-refractivity contribution in [3.8, 4) is 0 Å². The number of esters is 2. The topological polar surface area (TPSA) is 52.6 Å². The summed E-state index contributed by atoms with van der Waals surface area (Å²) in [5.74, 6) is -0.321. The highest BCUT2D eigenvalue weighted by atomic mass is 16.5. The molecule has 0 spiro atoms. The van der Waals surface area contributed by atoms with Gasteiger partial charge in [0.15, 0.2) is 0 Å². The molecule has 0 bridgehead atoms. The lowest BCUT2D eigenvalue weighted by Crippen LogP contribution is -2.08. The van der Waals surface area contributed by atoms with E-state index >= 15 is 0 Å². The second kappa shape index (κ2) is 19.0. The SMILES string of the molecule is CCCCC/C=C/CCCOC(=O)CCCCC(=O)OCCCCC. The summed E-state index contributed by atoms with van der Waals surface area (Å²) in [5, 5.41) is 0. The number of hydrogen-bond donors (Lipinski definition) is 0. The molecule has 0 amide bonds. The van der Waals surface area contributed by atoms with E-state index in [-0.39, 0.29) is 11.9 Å². The molecule has 0 fully saturated rings. The maximum Gasteiger partial charge on any atom is 0.305 e. The van der Waals surface area contributed by atoms with Crippen molar-refractivity contribution < 1.29 is 19.1 Å². The number of ether oxygens (including phenoxy) is 2. The minimum atomic E-state index is -0.164. The first-order chi connectivity index (χ1) is 12.2. The first kappa shape index (κ1) is 23.7. The number of hydrogen-bond acceptors (Lipinski definition) is 4. The van der Waals surface area contributed by atoms with Gasteiger partial charge in [-0.3, -0.25) is 9.59 Å². The molecular formula is C21H38O4. The van der Waals surface area contributed by atoms with E-state index in [0.717, 1.165) is 38.5 Å². The Bertz CT molecular complexity index is 350. The highest BCUT2D eigenvalue weighted by Gasteiger charge is 2.05. The Balaban J connectivity index is 3.37. The molecule has 4 heteroatoms. The van der Waals surface area contributed by atoms with Gasteiger partial charge in [0.1, 0.15) is 0 Å². The second-order valence-electron chi connectivity index (χ2n) is 6.46. The minimum Gasteiger partial charge on any atom is -0.466 e. The molecule has 0 aliphatic heterocycles. The second-order valence-corrected chi connectivity index (χ2v) is 6.46. The molecule has 146 valence electrons. The molecular weight excluding hydrogens is 316 g/mol. The fourth-order valence-corrected chi connectivity index (χ4v) is 2.36. The van der Waals surface area contributed by atoms with Gasteiger partial charge in [0, 0.05) is 12.8 Å². The van der Waals surface area contributed by atoms with E-state index in [1.165, 1.54) is 19.3 Å². The van der Waals surface area contributed by atoms with Gasteiger partial charge in [-0.05, 0) is 44.9 Å². The van der Waals surface area contributed by atoms with Gasteiger partial charge >= 0.3 is 11.9 Å². The summed E-state index contributed by atoms with van der Waals surface area (Å²) in [6.07, 6.45) is 16.5. The largest absolute Gasteiger partial charge is 0.466 e.